The van der Waals surface area contributed by atoms with Crippen molar-refractivity contribution < 1.29 is 18.9 Å². The summed E-state index contributed by atoms with van der Waals surface area (Å²) in [5.41, 5.74) is 0.882. The molecule has 1 aromatic rings. The monoisotopic (exact) mass is 257 g/mol. The molecule has 7 heteroatoms. The SMILES string of the molecule is O=P(O)(O)Oc1ccc2c(c1)SC=CN=C2. The third-order valence-corrected chi connectivity index (χ3v) is 3.08. The lowest BCUT2D eigenvalue weighted by molar-refractivity contribution is 0.283. The Kier molecular flexibility index (Phi) is 3.16. The van der Waals surface area contributed by atoms with Crippen molar-refractivity contribution in [3.05, 3.63) is 35.4 Å². The Morgan fingerprint density at radius 2 is 2.19 bits per heavy atom. The minimum atomic E-state index is -4.50. The molecule has 84 valence electrons. The van der Waals surface area contributed by atoms with Gasteiger partial charge in [-0.05, 0) is 23.6 Å². The minimum absolute atomic E-state index is 0.142. The second-order valence-corrected chi connectivity index (χ2v) is 5.07. The van der Waals surface area contributed by atoms with Gasteiger partial charge in [-0.25, -0.2) is 4.57 Å². The molecule has 5 nitrogen and oxygen atoms in total. The van der Waals surface area contributed by atoms with Crippen LogP contribution < -0.4 is 4.52 Å². The molecule has 0 atom stereocenters. The van der Waals surface area contributed by atoms with Crippen LogP contribution in [0.15, 0.2) is 39.7 Å². The first-order valence-electron chi connectivity index (χ1n) is 4.29. The fourth-order valence-corrected chi connectivity index (χ4v) is 2.29. The van der Waals surface area contributed by atoms with Crippen LogP contribution >= 0.6 is 19.6 Å². The van der Waals surface area contributed by atoms with Crippen molar-refractivity contribution in [2.24, 2.45) is 4.99 Å². The van der Waals surface area contributed by atoms with Crippen LogP contribution in [0.25, 0.3) is 0 Å². The van der Waals surface area contributed by atoms with Crippen LogP contribution in [0.5, 0.6) is 5.75 Å². The molecule has 0 aliphatic carbocycles. The summed E-state index contributed by atoms with van der Waals surface area (Å²) in [6.07, 6.45) is 3.32. The molecule has 1 aliphatic heterocycles. The number of hydrogen-bond acceptors (Lipinski definition) is 4. The number of nitrogens with zero attached hydrogens (tertiary/aromatic N) is 1. The van der Waals surface area contributed by atoms with Gasteiger partial charge in [0.25, 0.3) is 0 Å². The van der Waals surface area contributed by atoms with E-state index in [0.29, 0.717) is 0 Å². The third-order valence-electron chi connectivity index (χ3n) is 1.76. The lowest BCUT2D eigenvalue weighted by Gasteiger charge is -2.08. The van der Waals surface area contributed by atoms with Crippen LogP contribution in [0.3, 0.4) is 0 Å². The van der Waals surface area contributed by atoms with Crippen molar-refractivity contribution in [1.29, 1.82) is 0 Å². The van der Waals surface area contributed by atoms with Gasteiger partial charge in [0, 0.05) is 22.9 Å². The van der Waals surface area contributed by atoms with E-state index in [-0.39, 0.29) is 5.75 Å². The molecule has 0 amide bonds. The van der Waals surface area contributed by atoms with Crippen LogP contribution in [0, 0.1) is 0 Å². The summed E-state index contributed by atoms with van der Waals surface area (Å²) in [6.45, 7) is 0. The largest absolute Gasteiger partial charge is 0.524 e. The van der Waals surface area contributed by atoms with Crippen LogP contribution in [0.2, 0.25) is 0 Å². The van der Waals surface area contributed by atoms with E-state index in [1.165, 1.54) is 17.8 Å². The molecule has 1 heterocycles. The van der Waals surface area contributed by atoms with Crippen LogP contribution in [0.1, 0.15) is 5.56 Å². The molecule has 1 aliphatic rings. The molecule has 2 N–H and O–H groups in total. The first kappa shape index (κ1) is 11.4. The fourth-order valence-electron chi connectivity index (χ4n) is 1.18. The summed E-state index contributed by atoms with van der Waals surface area (Å²) < 4.78 is 15.2. The van der Waals surface area contributed by atoms with Gasteiger partial charge >= 0.3 is 7.82 Å². The highest BCUT2D eigenvalue weighted by molar-refractivity contribution is 8.02. The second-order valence-electron chi connectivity index (χ2n) is 2.96. The molecule has 0 saturated heterocycles. The highest BCUT2D eigenvalue weighted by Gasteiger charge is 2.16. The predicted octanol–water partition coefficient (Wildman–Crippen LogP) is 2.15. The van der Waals surface area contributed by atoms with Gasteiger partial charge in [-0.15, -0.1) is 0 Å². The Hall–Kier alpha value is -1.07. The number of thioether (sulfide) groups is 1. The van der Waals surface area contributed by atoms with Gasteiger partial charge < -0.3 is 4.52 Å². The molecule has 16 heavy (non-hydrogen) atoms. The highest BCUT2D eigenvalue weighted by Crippen LogP contribution is 2.39. The van der Waals surface area contributed by atoms with E-state index >= 15 is 0 Å². The second kappa shape index (κ2) is 4.43. The maximum absolute atomic E-state index is 10.7. The topological polar surface area (TPSA) is 79.1 Å². The molecular formula is C9H8NO4PS. The maximum Gasteiger partial charge on any atom is 0.524 e. The Bertz CT molecular complexity index is 508. The van der Waals surface area contributed by atoms with E-state index in [0.717, 1.165) is 10.5 Å². The molecular weight excluding hydrogens is 249 g/mol. The summed E-state index contributed by atoms with van der Waals surface area (Å²) in [6, 6.07) is 4.76. The zero-order chi connectivity index (χ0) is 11.6. The van der Waals surface area contributed by atoms with Crippen molar-refractivity contribution in [3.63, 3.8) is 0 Å². The molecule has 0 bridgehead atoms. The van der Waals surface area contributed by atoms with E-state index in [4.69, 9.17) is 9.79 Å². The van der Waals surface area contributed by atoms with E-state index < -0.39 is 7.82 Å². The fraction of sp³-hybridized carbons (Fsp3) is 0. The van der Waals surface area contributed by atoms with Gasteiger partial charge in [0.1, 0.15) is 5.75 Å². The smallest absolute Gasteiger partial charge is 0.404 e. The van der Waals surface area contributed by atoms with Crippen molar-refractivity contribution in [3.8, 4) is 5.75 Å². The number of phosphoric ester groups is 1. The molecule has 2 rings (SSSR count). The summed E-state index contributed by atoms with van der Waals surface area (Å²) in [5.74, 6) is 0.142. The Balaban J connectivity index is 2.32. The molecule has 0 spiro atoms. The average Bonchev–Trinajstić information content (AvgIpc) is 2.39. The Labute approximate surface area is 96.1 Å². The standard InChI is InChI=1S/C9H8NO4PS/c11-15(12,13)14-8-2-1-7-6-10-3-4-16-9(7)5-8/h1-6H,(H2,11,12,13). The molecule has 0 unspecified atom stereocenters. The summed E-state index contributed by atoms with van der Waals surface area (Å²) in [5, 5.41) is 1.78. The number of aliphatic imine (C=N–C) groups is 1. The van der Waals surface area contributed by atoms with E-state index in [9.17, 15) is 4.57 Å². The van der Waals surface area contributed by atoms with Gasteiger partial charge in [-0.1, -0.05) is 11.8 Å². The first-order chi connectivity index (χ1) is 7.54. The maximum atomic E-state index is 10.7. The van der Waals surface area contributed by atoms with Crippen LogP contribution in [0.4, 0.5) is 0 Å². The zero-order valence-electron chi connectivity index (χ0n) is 7.98. The summed E-state index contributed by atoms with van der Waals surface area (Å²) >= 11 is 1.41. The van der Waals surface area contributed by atoms with Gasteiger partial charge in [0.2, 0.25) is 0 Å². The lowest BCUT2D eigenvalue weighted by Crippen LogP contribution is -1.92. The molecule has 1 aromatic carbocycles. The number of benzene rings is 1. The molecule has 0 saturated carbocycles. The number of phosphoric acid groups is 1. The Morgan fingerprint density at radius 1 is 1.38 bits per heavy atom. The zero-order valence-corrected chi connectivity index (χ0v) is 9.69. The lowest BCUT2D eigenvalue weighted by atomic mass is 10.2. The first-order valence-corrected chi connectivity index (χ1v) is 6.70. The predicted molar refractivity (Wildman–Crippen MR) is 61.7 cm³/mol. The summed E-state index contributed by atoms with van der Waals surface area (Å²) in [7, 11) is -4.50. The van der Waals surface area contributed by atoms with Crippen molar-refractivity contribution >= 4 is 25.8 Å². The van der Waals surface area contributed by atoms with E-state index in [1.54, 1.807) is 30.0 Å². The Morgan fingerprint density at radius 3 is 2.94 bits per heavy atom. The number of hydrogen-bond donors (Lipinski definition) is 2. The quantitative estimate of drug-likeness (QED) is 0.793. The van der Waals surface area contributed by atoms with E-state index in [1.807, 2.05) is 0 Å². The van der Waals surface area contributed by atoms with Crippen molar-refractivity contribution in [1.82, 2.24) is 0 Å². The van der Waals surface area contributed by atoms with Gasteiger partial charge in [0.05, 0.1) is 0 Å². The van der Waals surface area contributed by atoms with Crippen LogP contribution in [-0.2, 0) is 4.57 Å². The third kappa shape index (κ3) is 2.96. The normalized spacial score (nSPS) is 14.4. The average molecular weight is 257 g/mol. The van der Waals surface area contributed by atoms with Gasteiger partial charge in [-0.3, -0.25) is 14.8 Å². The molecule has 0 radical (unpaired) electrons. The van der Waals surface area contributed by atoms with Gasteiger partial charge in [0.15, 0.2) is 0 Å². The van der Waals surface area contributed by atoms with Crippen molar-refractivity contribution in [2.45, 2.75) is 4.90 Å². The van der Waals surface area contributed by atoms with Gasteiger partial charge in [-0.2, -0.15) is 0 Å². The highest BCUT2D eigenvalue weighted by atomic mass is 32.2. The molecule has 0 fully saturated rings. The summed E-state index contributed by atoms with van der Waals surface area (Å²) in [4.78, 5) is 22.2. The number of rotatable bonds is 2. The van der Waals surface area contributed by atoms with Crippen molar-refractivity contribution in [2.75, 3.05) is 0 Å². The van der Waals surface area contributed by atoms with Crippen LogP contribution in [-0.4, -0.2) is 16.0 Å². The molecule has 0 aromatic heterocycles. The number of fused-ring (bicyclic) bond motifs is 1. The van der Waals surface area contributed by atoms with E-state index in [2.05, 4.69) is 9.52 Å². The minimum Gasteiger partial charge on any atom is -0.404 e.